The van der Waals surface area contributed by atoms with E-state index in [2.05, 4.69) is 20.7 Å². The Bertz CT molecular complexity index is 990. The zero-order valence-electron chi connectivity index (χ0n) is 15.0. The number of nitrogens with zero attached hydrogens (tertiary/aromatic N) is 3. The van der Waals surface area contributed by atoms with E-state index in [1.807, 2.05) is 6.07 Å². The van der Waals surface area contributed by atoms with Crippen LogP contribution in [-0.2, 0) is 16.1 Å². The van der Waals surface area contributed by atoms with Gasteiger partial charge in [0.25, 0.3) is 0 Å². The second kappa shape index (κ2) is 9.02. The lowest BCUT2D eigenvalue weighted by atomic mass is 10.1. The van der Waals surface area contributed by atoms with E-state index in [1.165, 1.54) is 6.07 Å². The monoisotopic (exact) mass is 401 g/mol. The number of hydrogen-bond acceptors (Lipinski definition) is 5. The van der Waals surface area contributed by atoms with Gasteiger partial charge in [0.15, 0.2) is 5.82 Å². The molecule has 0 saturated heterocycles. The number of amides is 2. The highest BCUT2D eigenvalue weighted by atomic mass is 19.1. The van der Waals surface area contributed by atoms with Crippen LogP contribution in [0.15, 0.2) is 55.0 Å². The van der Waals surface area contributed by atoms with Crippen molar-refractivity contribution in [2.75, 3.05) is 11.9 Å². The number of hydrogen-bond donors (Lipinski definition) is 3. The third kappa shape index (κ3) is 5.20. The Morgan fingerprint density at radius 1 is 1.10 bits per heavy atom. The number of nitrogens with one attached hydrogen (secondary N) is 2. The van der Waals surface area contributed by atoms with Gasteiger partial charge >= 0.3 is 11.8 Å². The molecule has 2 amide bonds. The normalized spacial score (nSPS) is 11.7. The van der Waals surface area contributed by atoms with Crippen LogP contribution in [0.3, 0.4) is 0 Å². The van der Waals surface area contributed by atoms with Gasteiger partial charge in [-0.3, -0.25) is 19.3 Å². The summed E-state index contributed by atoms with van der Waals surface area (Å²) < 4.78 is 28.8. The summed E-state index contributed by atoms with van der Waals surface area (Å²) in [5, 5.41) is 18.5. The zero-order chi connectivity index (χ0) is 20.8. The van der Waals surface area contributed by atoms with Gasteiger partial charge in [-0.15, -0.1) is 0 Å². The molecule has 2 heterocycles. The van der Waals surface area contributed by atoms with Crippen LogP contribution in [0.1, 0.15) is 17.2 Å². The summed E-state index contributed by atoms with van der Waals surface area (Å²) in [5.74, 6) is -3.86. The van der Waals surface area contributed by atoms with Crippen LogP contribution >= 0.6 is 0 Å². The molecule has 0 aliphatic rings. The van der Waals surface area contributed by atoms with Crippen molar-refractivity contribution in [1.82, 2.24) is 20.1 Å². The molecular weight excluding hydrogens is 384 g/mol. The largest absolute Gasteiger partial charge is 0.386 e. The van der Waals surface area contributed by atoms with E-state index in [0.29, 0.717) is 6.54 Å². The van der Waals surface area contributed by atoms with Crippen LogP contribution in [0.4, 0.5) is 14.6 Å². The predicted octanol–water partition coefficient (Wildman–Crippen LogP) is 1.39. The van der Waals surface area contributed by atoms with Crippen molar-refractivity contribution in [3.05, 3.63) is 77.8 Å². The molecule has 2 aromatic heterocycles. The Kier molecular flexibility index (Phi) is 6.25. The molecule has 0 aliphatic heterocycles. The van der Waals surface area contributed by atoms with E-state index >= 15 is 0 Å². The van der Waals surface area contributed by atoms with E-state index in [1.54, 1.807) is 29.3 Å². The Labute approximate surface area is 164 Å². The summed E-state index contributed by atoms with van der Waals surface area (Å²) in [4.78, 5) is 27.8. The van der Waals surface area contributed by atoms with E-state index < -0.39 is 41.7 Å². The fourth-order valence-corrected chi connectivity index (χ4v) is 2.57. The van der Waals surface area contributed by atoms with Gasteiger partial charge in [0.2, 0.25) is 0 Å². The van der Waals surface area contributed by atoms with Crippen LogP contribution in [0.25, 0.3) is 0 Å². The lowest BCUT2D eigenvalue weighted by Gasteiger charge is -2.13. The Morgan fingerprint density at radius 3 is 2.55 bits per heavy atom. The predicted molar refractivity (Wildman–Crippen MR) is 98.5 cm³/mol. The summed E-state index contributed by atoms with van der Waals surface area (Å²) in [7, 11) is 0. The molecule has 3 N–H and O–H groups in total. The number of carbonyl (C=O) groups excluding carboxylic acids is 2. The number of carbonyl (C=O) groups is 2. The van der Waals surface area contributed by atoms with Crippen LogP contribution in [0, 0.1) is 11.6 Å². The Morgan fingerprint density at radius 2 is 1.86 bits per heavy atom. The fraction of sp³-hybridized carbons (Fsp3) is 0.158. The van der Waals surface area contributed by atoms with Gasteiger partial charge in [-0.2, -0.15) is 5.10 Å². The number of aromatic nitrogens is 3. The molecule has 150 valence electrons. The highest BCUT2D eigenvalue weighted by Crippen LogP contribution is 2.19. The molecule has 8 nitrogen and oxygen atoms in total. The van der Waals surface area contributed by atoms with Crippen molar-refractivity contribution >= 4 is 17.6 Å². The lowest BCUT2D eigenvalue weighted by Crippen LogP contribution is -2.38. The summed E-state index contributed by atoms with van der Waals surface area (Å²) >= 11 is 0. The van der Waals surface area contributed by atoms with Crippen LogP contribution < -0.4 is 10.6 Å². The molecule has 3 rings (SSSR count). The molecule has 0 aliphatic carbocycles. The van der Waals surface area contributed by atoms with Crippen molar-refractivity contribution in [1.29, 1.82) is 0 Å². The van der Waals surface area contributed by atoms with E-state index in [0.717, 1.165) is 23.8 Å². The third-order valence-electron chi connectivity index (χ3n) is 3.94. The number of benzene rings is 1. The number of halogens is 2. The minimum Gasteiger partial charge on any atom is -0.386 e. The van der Waals surface area contributed by atoms with E-state index in [4.69, 9.17) is 0 Å². The standard InChI is InChI=1S/C19H17F2N5O3/c20-13-4-1-5-14(21)17(13)15(27)10-23-18(28)19(29)24-16-6-8-26(25-16)11-12-3-2-7-22-9-12/h1-9,15,27H,10-11H2,(H,23,28)(H,24,25,29)/t15-/m1/s1. The SMILES string of the molecule is O=C(NC[C@@H](O)c1c(F)cccc1F)C(=O)Nc1ccn(Cc2cccnc2)n1. The number of aliphatic hydroxyl groups excluding tert-OH is 1. The molecule has 3 aromatic rings. The first kappa shape index (κ1) is 20.1. The van der Waals surface area contributed by atoms with Crippen LogP contribution in [-0.4, -0.2) is 38.2 Å². The molecule has 0 bridgehead atoms. The van der Waals surface area contributed by atoms with Gasteiger partial charge in [0, 0.05) is 31.2 Å². The smallest absolute Gasteiger partial charge is 0.314 e. The maximum absolute atomic E-state index is 13.6. The summed E-state index contributed by atoms with van der Waals surface area (Å²) in [6.45, 7) is -0.115. The molecule has 0 fully saturated rings. The highest BCUT2D eigenvalue weighted by molar-refractivity contribution is 6.39. The van der Waals surface area contributed by atoms with Gasteiger partial charge in [0.05, 0.1) is 12.1 Å². The summed E-state index contributed by atoms with van der Waals surface area (Å²) in [5.41, 5.74) is 0.322. The van der Waals surface area contributed by atoms with Crippen molar-refractivity contribution in [2.45, 2.75) is 12.6 Å². The summed E-state index contributed by atoms with van der Waals surface area (Å²) in [6.07, 6.45) is 3.29. The first-order valence-corrected chi connectivity index (χ1v) is 8.57. The van der Waals surface area contributed by atoms with E-state index in [-0.39, 0.29) is 5.82 Å². The second-order valence-corrected chi connectivity index (χ2v) is 6.08. The Hall–Kier alpha value is -3.66. The topological polar surface area (TPSA) is 109 Å². The first-order chi connectivity index (χ1) is 13.9. The van der Waals surface area contributed by atoms with Gasteiger partial charge in [-0.1, -0.05) is 12.1 Å². The fourth-order valence-electron chi connectivity index (χ4n) is 2.57. The maximum atomic E-state index is 13.6. The number of rotatable bonds is 6. The van der Waals surface area contributed by atoms with Crippen molar-refractivity contribution in [3.8, 4) is 0 Å². The number of pyridine rings is 1. The molecule has 0 spiro atoms. The van der Waals surface area contributed by atoms with Crippen molar-refractivity contribution in [2.24, 2.45) is 0 Å². The van der Waals surface area contributed by atoms with Gasteiger partial charge in [-0.05, 0) is 23.8 Å². The molecule has 1 atom stereocenters. The summed E-state index contributed by atoms with van der Waals surface area (Å²) in [6, 6.07) is 8.28. The molecule has 0 radical (unpaired) electrons. The number of aliphatic hydroxyl groups is 1. The third-order valence-corrected chi connectivity index (χ3v) is 3.94. The highest BCUT2D eigenvalue weighted by Gasteiger charge is 2.21. The molecule has 10 heteroatoms. The minimum absolute atomic E-state index is 0.148. The van der Waals surface area contributed by atoms with Gasteiger partial charge in [-0.25, -0.2) is 8.78 Å². The van der Waals surface area contributed by atoms with Crippen molar-refractivity contribution < 1.29 is 23.5 Å². The van der Waals surface area contributed by atoms with Gasteiger partial charge in [0.1, 0.15) is 17.7 Å². The second-order valence-electron chi connectivity index (χ2n) is 6.08. The van der Waals surface area contributed by atoms with E-state index in [9.17, 15) is 23.5 Å². The quantitative estimate of drug-likeness (QED) is 0.541. The van der Waals surface area contributed by atoms with Crippen molar-refractivity contribution in [3.63, 3.8) is 0 Å². The average Bonchev–Trinajstić information content (AvgIpc) is 3.13. The zero-order valence-corrected chi connectivity index (χ0v) is 15.0. The Balaban J connectivity index is 1.52. The maximum Gasteiger partial charge on any atom is 0.314 e. The van der Waals surface area contributed by atoms with Crippen LogP contribution in [0.2, 0.25) is 0 Å². The molecule has 0 saturated carbocycles. The molecule has 29 heavy (non-hydrogen) atoms. The molecule has 0 unspecified atom stereocenters. The first-order valence-electron chi connectivity index (χ1n) is 8.57. The minimum atomic E-state index is -1.65. The molecule has 1 aromatic carbocycles. The van der Waals surface area contributed by atoms with Gasteiger partial charge < -0.3 is 15.7 Å². The molecular formula is C19H17F2N5O3. The number of anilines is 1. The van der Waals surface area contributed by atoms with Crippen LogP contribution in [0.5, 0.6) is 0 Å². The average molecular weight is 401 g/mol. The lowest BCUT2D eigenvalue weighted by molar-refractivity contribution is -0.136.